The molecule has 0 amide bonds. The molecule has 1 heterocycles. The second kappa shape index (κ2) is 4.86. The summed E-state index contributed by atoms with van der Waals surface area (Å²) in [5.41, 5.74) is 3.08. The average Bonchev–Trinajstić information content (AvgIpc) is 2.80. The van der Waals surface area contributed by atoms with Crippen LogP contribution in [0.2, 0.25) is 0 Å². The fourth-order valence-electron chi connectivity index (χ4n) is 2.39. The maximum Gasteiger partial charge on any atom is 0.123 e. The van der Waals surface area contributed by atoms with Crippen LogP contribution in [0.25, 0.3) is 16.6 Å². The monoisotopic (exact) mass is 255 g/mol. The molecule has 2 aromatic carbocycles. The molecule has 1 aromatic heterocycles. The minimum Gasteiger partial charge on any atom is -0.396 e. The number of hydrogen-bond acceptors (Lipinski definition) is 1. The summed E-state index contributed by atoms with van der Waals surface area (Å²) in [6.45, 7) is 0.122. The minimum atomic E-state index is -0.240. The largest absolute Gasteiger partial charge is 0.396 e. The second-order valence-corrected chi connectivity index (χ2v) is 4.49. The van der Waals surface area contributed by atoms with Gasteiger partial charge in [-0.15, -0.1) is 0 Å². The molecule has 0 aliphatic heterocycles. The molecular formula is C16H14FNO. The highest BCUT2D eigenvalue weighted by Gasteiger charge is 2.08. The van der Waals surface area contributed by atoms with E-state index in [1.54, 1.807) is 12.1 Å². The Morgan fingerprint density at radius 3 is 2.47 bits per heavy atom. The molecule has 0 radical (unpaired) electrons. The molecule has 3 aromatic rings. The first-order valence-corrected chi connectivity index (χ1v) is 6.25. The quantitative estimate of drug-likeness (QED) is 0.763. The predicted octanol–water partition coefficient (Wildman–Crippen LogP) is 3.30. The summed E-state index contributed by atoms with van der Waals surface area (Å²) in [5.74, 6) is -0.240. The van der Waals surface area contributed by atoms with Crippen LogP contribution < -0.4 is 0 Å². The van der Waals surface area contributed by atoms with E-state index >= 15 is 0 Å². The first-order valence-electron chi connectivity index (χ1n) is 6.25. The maximum atomic E-state index is 13.0. The highest BCUT2D eigenvalue weighted by atomic mass is 19.1. The number of nitrogens with zero attached hydrogens (tertiary/aromatic N) is 1. The Hall–Kier alpha value is -2.13. The van der Waals surface area contributed by atoms with E-state index in [4.69, 9.17) is 5.11 Å². The van der Waals surface area contributed by atoms with Gasteiger partial charge >= 0.3 is 0 Å². The third kappa shape index (κ3) is 2.13. The van der Waals surface area contributed by atoms with Crippen molar-refractivity contribution < 1.29 is 9.50 Å². The van der Waals surface area contributed by atoms with E-state index in [-0.39, 0.29) is 12.4 Å². The maximum absolute atomic E-state index is 13.0. The normalized spacial score (nSPS) is 11.1. The summed E-state index contributed by atoms with van der Waals surface area (Å²) in [6.07, 6.45) is 2.63. The average molecular weight is 255 g/mol. The van der Waals surface area contributed by atoms with Crippen molar-refractivity contribution in [2.24, 2.45) is 0 Å². The fraction of sp³-hybridized carbons (Fsp3) is 0.125. The predicted molar refractivity (Wildman–Crippen MR) is 74.0 cm³/mol. The summed E-state index contributed by atoms with van der Waals surface area (Å²) >= 11 is 0. The van der Waals surface area contributed by atoms with Crippen LogP contribution in [-0.2, 0) is 6.42 Å². The van der Waals surface area contributed by atoms with Crippen molar-refractivity contribution in [2.45, 2.75) is 6.42 Å². The number of benzene rings is 2. The zero-order valence-corrected chi connectivity index (χ0v) is 10.4. The standard InChI is InChI=1S/C16H14FNO/c17-13-5-7-14(8-6-13)18-11-12(9-10-19)15-3-1-2-4-16(15)18/h1-8,11,19H,9-10H2. The van der Waals surface area contributed by atoms with Gasteiger partial charge in [0.1, 0.15) is 5.82 Å². The van der Waals surface area contributed by atoms with E-state index in [1.807, 2.05) is 35.0 Å². The Morgan fingerprint density at radius 2 is 1.74 bits per heavy atom. The molecule has 0 bridgehead atoms. The minimum absolute atomic E-state index is 0.122. The smallest absolute Gasteiger partial charge is 0.123 e. The molecule has 1 N–H and O–H groups in total. The van der Waals surface area contributed by atoms with Gasteiger partial charge in [0.2, 0.25) is 0 Å². The molecule has 96 valence electrons. The SMILES string of the molecule is OCCc1cn(-c2ccc(F)cc2)c2ccccc12. The van der Waals surface area contributed by atoms with E-state index in [1.165, 1.54) is 12.1 Å². The zero-order valence-electron chi connectivity index (χ0n) is 10.4. The van der Waals surface area contributed by atoms with Crippen molar-refractivity contribution in [1.82, 2.24) is 4.57 Å². The van der Waals surface area contributed by atoms with Crippen LogP contribution in [0.5, 0.6) is 0 Å². The number of para-hydroxylation sites is 1. The lowest BCUT2D eigenvalue weighted by molar-refractivity contribution is 0.300. The van der Waals surface area contributed by atoms with Gasteiger partial charge in [0.15, 0.2) is 0 Å². The van der Waals surface area contributed by atoms with Crippen LogP contribution in [0.15, 0.2) is 54.7 Å². The molecule has 3 heteroatoms. The summed E-state index contributed by atoms with van der Waals surface area (Å²) < 4.78 is 15.0. The van der Waals surface area contributed by atoms with Crippen molar-refractivity contribution in [2.75, 3.05) is 6.61 Å². The highest BCUT2D eigenvalue weighted by molar-refractivity contribution is 5.85. The fourth-order valence-corrected chi connectivity index (χ4v) is 2.39. The van der Waals surface area contributed by atoms with Crippen molar-refractivity contribution in [3.8, 4) is 5.69 Å². The first kappa shape index (κ1) is 11.9. The third-order valence-electron chi connectivity index (χ3n) is 3.28. The lowest BCUT2D eigenvalue weighted by atomic mass is 10.1. The van der Waals surface area contributed by atoms with E-state index in [9.17, 15) is 4.39 Å². The zero-order chi connectivity index (χ0) is 13.2. The van der Waals surface area contributed by atoms with Gasteiger partial charge in [-0.05, 0) is 42.3 Å². The van der Waals surface area contributed by atoms with Crippen molar-refractivity contribution in [3.63, 3.8) is 0 Å². The molecule has 0 fully saturated rings. The molecule has 0 aliphatic carbocycles. The molecule has 0 saturated heterocycles. The van der Waals surface area contributed by atoms with Crippen LogP contribution in [0.3, 0.4) is 0 Å². The topological polar surface area (TPSA) is 25.2 Å². The second-order valence-electron chi connectivity index (χ2n) is 4.49. The van der Waals surface area contributed by atoms with Crippen LogP contribution in [0, 0.1) is 5.82 Å². The molecule has 0 saturated carbocycles. The van der Waals surface area contributed by atoms with Gasteiger partial charge in [-0.3, -0.25) is 0 Å². The number of rotatable bonds is 3. The van der Waals surface area contributed by atoms with Crippen molar-refractivity contribution in [1.29, 1.82) is 0 Å². The van der Waals surface area contributed by atoms with Crippen LogP contribution in [-0.4, -0.2) is 16.3 Å². The Bertz CT molecular complexity index is 700. The first-order chi connectivity index (χ1) is 9.29. The molecule has 0 aliphatic rings. The van der Waals surface area contributed by atoms with Gasteiger partial charge in [-0.1, -0.05) is 18.2 Å². The number of aromatic nitrogens is 1. The molecule has 19 heavy (non-hydrogen) atoms. The number of halogens is 1. The molecular weight excluding hydrogens is 241 g/mol. The lowest BCUT2D eigenvalue weighted by Crippen LogP contribution is -1.92. The van der Waals surface area contributed by atoms with Gasteiger partial charge in [0.05, 0.1) is 5.52 Å². The number of hydrogen-bond donors (Lipinski definition) is 1. The molecule has 0 atom stereocenters. The summed E-state index contributed by atoms with van der Waals surface area (Å²) in [4.78, 5) is 0. The van der Waals surface area contributed by atoms with Gasteiger partial charge in [-0.25, -0.2) is 4.39 Å². The van der Waals surface area contributed by atoms with Crippen molar-refractivity contribution >= 4 is 10.9 Å². The van der Waals surface area contributed by atoms with Gasteiger partial charge in [0.25, 0.3) is 0 Å². The van der Waals surface area contributed by atoms with E-state index in [0.29, 0.717) is 6.42 Å². The van der Waals surface area contributed by atoms with E-state index in [0.717, 1.165) is 22.2 Å². The summed E-state index contributed by atoms with van der Waals surface area (Å²) in [7, 11) is 0. The Balaban J connectivity index is 2.20. The lowest BCUT2D eigenvalue weighted by Gasteiger charge is -2.04. The third-order valence-corrected chi connectivity index (χ3v) is 3.28. The number of aliphatic hydroxyl groups excluding tert-OH is 1. The van der Waals surface area contributed by atoms with Gasteiger partial charge in [0, 0.05) is 23.9 Å². The van der Waals surface area contributed by atoms with Crippen LogP contribution in [0.1, 0.15) is 5.56 Å². The number of fused-ring (bicyclic) bond motifs is 1. The summed E-state index contributed by atoms with van der Waals surface area (Å²) in [6, 6.07) is 14.4. The van der Waals surface area contributed by atoms with Crippen LogP contribution >= 0.6 is 0 Å². The molecule has 0 unspecified atom stereocenters. The Morgan fingerprint density at radius 1 is 1.00 bits per heavy atom. The highest BCUT2D eigenvalue weighted by Crippen LogP contribution is 2.25. The van der Waals surface area contributed by atoms with E-state index in [2.05, 4.69) is 0 Å². The van der Waals surface area contributed by atoms with Gasteiger partial charge < -0.3 is 9.67 Å². The molecule has 3 rings (SSSR count). The van der Waals surface area contributed by atoms with E-state index < -0.39 is 0 Å². The summed E-state index contributed by atoms with van der Waals surface area (Å²) in [5, 5.41) is 10.3. The van der Waals surface area contributed by atoms with Crippen LogP contribution in [0.4, 0.5) is 4.39 Å². The molecule has 0 spiro atoms. The van der Waals surface area contributed by atoms with Gasteiger partial charge in [-0.2, -0.15) is 0 Å². The number of aliphatic hydroxyl groups is 1. The van der Waals surface area contributed by atoms with Crippen molar-refractivity contribution in [3.05, 3.63) is 66.1 Å². The Labute approximate surface area is 110 Å². The Kier molecular flexibility index (Phi) is 3.05. The molecule has 2 nitrogen and oxygen atoms in total.